The van der Waals surface area contributed by atoms with Gasteiger partial charge >= 0.3 is 6.03 Å². The van der Waals surface area contributed by atoms with Gasteiger partial charge in [-0.1, -0.05) is 6.07 Å². The first-order chi connectivity index (χ1) is 6.67. The third-order valence-corrected chi connectivity index (χ3v) is 1.83. The van der Waals surface area contributed by atoms with Crippen LogP contribution in [0.5, 0.6) is 5.75 Å². The molecule has 0 aromatic heterocycles. The summed E-state index contributed by atoms with van der Waals surface area (Å²) >= 11 is 0. The van der Waals surface area contributed by atoms with Crippen LogP contribution >= 0.6 is 0 Å². The Morgan fingerprint density at radius 3 is 2.71 bits per heavy atom. The van der Waals surface area contributed by atoms with Crippen LogP contribution in [0, 0.1) is 6.92 Å². The molecule has 1 aromatic carbocycles. The van der Waals surface area contributed by atoms with Gasteiger partial charge in [-0.2, -0.15) is 0 Å². The Balaban J connectivity index is 2.93. The lowest BCUT2D eigenvalue weighted by Gasteiger charge is -2.10. The molecule has 0 heterocycles. The van der Waals surface area contributed by atoms with Gasteiger partial charge in [0, 0.05) is 7.05 Å². The van der Waals surface area contributed by atoms with E-state index in [1.165, 1.54) is 0 Å². The number of aryl methyl sites for hydroxylation is 1. The number of carbonyl (C=O) groups is 1. The standard InChI is InChI=1S/C10H14N2O2/c1-7-4-5-9(14-3)8(6-7)12-10(13)11-2/h4-6H,1-3H3,(H2,11,12,13). The zero-order chi connectivity index (χ0) is 10.6. The number of benzene rings is 1. The van der Waals surface area contributed by atoms with Gasteiger partial charge in [0.25, 0.3) is 0 Å². The summed E-state index contributed by atoms with van der Waals surface area (Å²) in [6, 6.07) is 5.34. The van der Waals surface area contributed by atoms with Crippen molar-refractivity contribution in [2.45, 2.75) is 6.92 Å². The van der Waals surface area contributed by atoms with Crippen molar-refractivity contribution >= 4 is 11.7 Å². The Kier molecular flexibility index (Phi) is 3.34. The first kappa shape index (κ1) is 10.4. The summed E-state index contributed by atoms with van der Waals surface area (Å²) in [5.74, 6) is 0.652. The van der Waals surface area contributed by atoms with Gasteiger partial charge in [-0.15, -0.1) is 0 Å². The maximum Gasteiger partial charge on any atom is 0.319 e. The summed E-state index contributed by atoms with van der Waals surface area (Å²) in [7, 11) is 3.14. The monoisotopic (exact) mass is 194 g/mol. The molecule has 4 nitrogen and oxygen atoms in total. The molecule has 0 fully saturated rings. The number of nitrogens with one attached hydrogen (secondary N) is 2. The molecule has 1 rings (SSSR count). The molecule has 0 unspecified atom stereocenters. The van der Waals surface area contributed by atoms with E-state index in [-0.39, 0.29) is 6.03 Å². The topological polar surface area (TPSA) is 50.4 Å². The van der Waals surface area contributed by atoms with E-state index in [1.807, 2.05) is 25.1 Å². The lowest BCUT2D eigenvalue weighted by molar-refractivity contribution is 0.254. The van der Waals surface area contributed by atoms with Gasteiger partial charge in [0.05, 0.1) is 12.8 Å². The van der Waals surface area contributed by atoms with Crippen molar-refractivity contribution < 1.29 is 9.53 Å². The molecule has 0 bridgehead atoms. The molecular weight excluding hydrogens is 180 g/mol. The van der Waals surface area contributed by atoms with Crippen LogP contribution in [-0.2, 0) is 0 Å². The number of rotatable bonds is 2. The van der Waals surface area contributed by atoms with Gasteiger partial charge in [0.1, 0.15) is 5.75 Å². The van der Waals surface area contributed by atoms with Gasteiger partial charge in [-0.25, -0.2) is 4.79 Å². The summed E-state index contributed by atoms with van der Waals surface area (Å²) < 4.78 is 5.10. The number of urea groups is 1. The average Bonchev–Trinajstić information content (AvgIpc) is 2.18. The molecule has 0 saturated heterocycles. The van der Waals surface area contributed by atoms with Crippen LogP contribution in [0.25, 0.3) is 0 Å². The normalized spacial score (nSPS) is 9.36. The molecule has 0 aliphatic carbocycles. The van der Waals surface area contributed by atoms with Crippen molar-refractivity contribution in [3.05, 3.63) is 23.8 Å². The fraction of sp³-hybridized carbons (Fsp3) is 0.300. The molecule has 0 atom stereocenters. The van der Waals surface area contributed by atoms with Crippen LogP contribution < -0.4 is 15.4 Å². The number of ether oxygens (including phenoxy) is 1. The van der Waals surface area contributed by atoms with Gasteiger partial charge < -0.3 is 15.4 Å². The molecule has 2 N–H and O–H groups in total. The highest BCUT2D eigenvalue weighted by Crippen LogP contribution is 2.24. The maximum absolute atomic E-state index is 11.1. The highest BCUT2D eigenvalue weighted by atomic mass is 16.5. The molecule has 0 aliphatic heterocycles. The summed E-state index contributed by atoms with van der Waals surface area (Å²) in [4.78, 5) is 11.1. The van der Waals surface area contributed by atoms with E-state index in [2.05, 4.69) is 10.6 Å². The first-order valence-electron chi connectivity index (χ1n) is 4.30. The van der Waals surface area contributed by atoms with Crippen LogP contribution in [0.1, 0.15) is 5.56 Å². The number of hydrogen-bond donors (Lipinski definition) is 2. The number of methoxy groups -OCH3 is 1. The van der Waals surface area contributed by atoms with E-state index in [0.29, 0.717) is 11.4 Å². The van der Waals surface area contributed by atoms with Gasteiger partial charge in [-0.05, 0) is 24.6 Å². The maximum atomic E-state index is 11.1. The Morgan fingerprint density at radius 2 is 2.14 bits per heavy atom. The number of amides is 2. The van der Waals surface area contributed by atoms with Crippen molar-refractivity contribution in [2.75, 3.05) is 19.5 Å². The molecule has 4 heteroatoms. The molecule has 0 saturated carbocycles. The van der Waals surface area contributed by atoms with Crippen LogP contribution in [0.4, 0.5) is 10.5 Å². The number of hydrogen-bond acceptors (Lipinski definition) is 2. The van der Waals surface area contributed by atoms with E-state index in [1.54, 1.807) is 14.2 Å². The summed E-state index contributed by atoms with van der Waals surface area (Å²) in [6.45, 7) is 1.95. The molecule has 0 spiro atoms. The van der Waals surface area contributed by atoms with Crippen LogP contribution in [0.2, 0.25) is 0 Å². The number of carbonyl (C=O) groups excluding carboxylic acids is 1. The minimum absolute atomic E-state index is 0.256. The Labute approximate surface area is 83.3 Å². The second-order valence-electron chi connectivity index (χ2n) is 2.91. The Hall–Kier alpha value is -1.71. The van der Waals surface area contributed by atoms with Crippen molar-refractivity contribution in [1.82, 2.24) is 5.32 Å². The highest BCUT2D eigenvalue weighted by molar-refractivity contribution is 5.90. The van der Waals surface area contributed by atoms with E-state index < -0.39 is 0 Å². The second-order valence-corrected chi connectivity index (χ2v) is 2.91. The smallest absolute Gasteiger partial charge is 0.319 e. The van der Waals surface area contributed by atoms with Crippen LogP contribution in [0.15, 0.2) is 18.2 Å². The molecular formula is C10H14N2O2. The molecule has 14 heavy (non-hydrogen) atoms. The molecule has 0 radical (unpaired) electrons. The van der Waals surface area contributed by atoms with Crippen LogP contribution in [0.3, 0.4) is 0 Å². The van der Waals surface area contributed by atoms with E-state index in [0.717, 1.165) is 5.56 Å². The minimum Gasteiger partial charge on any atom is -0.495 e. The summed E-state index contributed by atoms with van der Waals surface area (Å²) in [5, 5.41) is 5.16. The van der Waals surface area contributed by atoms with Crippen molar-refractivity contribution in [2.24, 2.45) is 0 Å². The molecule has 2 amide bonds. The molecule has 76 valence electrons. The lowest BCUT2D eigenvalue weighted by Crippen LogP contribution is -2.24. The van der Waals surface area contributed by atoms with Crippen LogP contribution in [-0.4, -0.2) is 20.2 Å². The third-order valence-electron chi connectivity index (χ3n) is 1.83. The summed E-state index contributed by atoms with van der Waals surface area (Å²) in [5.41, 5.74) is 1.74. The quantitative estimate of drug-likeness (QED) is 0.753. The highest BCUT2D eigenvalue weighted by Gasteiger charge is 2.05. The predicted molar refractivity (Wildman–Crippen MR) is 55.8 cm³/mol. The van der Waals surface area contributed by atoms with Crippen molar-refractivity contribution in [3.63, 3.8) is 0 Å². The Bertz CT molecular complexity index is 337. The summed E-state index contributed by atoms with van der Waals surface area (Å²) in [6.07, 6.45) is 0. The SMILES string of the molecule is CNC(=O)Nc1cc(C)ccc1OC. The minimum atomic E-state index is -0.256. The van der Waals surface area contributed by atoms with Crippen molar-refractivity contribution in [1.29, 1.82) is 0 Å². The first-order valence-corrected chi connectivity index (χ1v) is 4.30. The third kappa shape index (κ3) is 2.39. The number of anilines is 1. The zero-order valence-corrected chi connectivity index (χ0v) is 8.55. The lowest BCUT2D eigenvalue weighted by atomic mass is 10.2. The van der Waals surface area contributed by atoms with E-state index >= 15 is 0 Å². The van der Waals surface area contributed by atoms with Crippen molar-refractivity contribution in [3.8, 4) is 5.75 Å². The Morgan fingerprint density at radius 1 is 1.43 bits per heavy atom. The second kappa shape index (κ2) is 4.50. The van der Waals surface area contributed by atoms with E-state index in [4.69, 9.17) is 4.74 Å². The fourth-order valence-electron chi connectivity index (χ4n) is 1.10. The largest absolute Gasteiger partial charge is 0.495 e. The van der Waals surface area contributed by atoms with Gasteiger partial charge in [-0.3, -0.25) is 0 Å². The fourth-order valence-corrected chi connectivity index (χ4v) is 1.10. The predicted octanol–water partition coefficient (Wildman–Crippen LogP) is 1.75. The molecule has 0 aliphatic rings. The average molecular weight is 194 g/mol. The van der Waals surface area contributed by atoms with E-state index in [9.17, 15) is 4.79 Å². The van der Waals surface area contributed by atoms with Gasteiger partial charge in [0.15, 0.2) is 0 Å². The zero-order valence-electron chi connectivity index (χ0n) is 8.55. The van der Waals surface area contributed by atoms with Gasteiger partial charge in [0.2, 0.25) is 0 Å². The molecule has 1 aromatic rings.